The molecule has 0 unspecified atom stereocenters. The zero-order chi connectivity index (χ0) is 32.4. The van der Waals surface area contributed by atoms with Crippen LogP contribution in [0.2, 0.25) is 0 Å². The molecule has 0 aliphatic rings. The first-order valence-electron chi connectivity index (χ1n) is 13.7. The number of hydrogen-bond acceptors (Lipinski definition) is 12. The molecule has 0 radical (unpaired) electrons. The van der Waals surface area contributed by atoms with E-state index in [1.54, 1.807) is 0 Å². The van der Waals surface area contributed by atoms with Crippen molar-refractivity contribution in [3.8, 4) is 5.75 Å². The molecule has 0 heterocycles. The molecule has 0 amide bonds. The summed E-state index contributed by atoms with van der Waals surface area (Å²) >= 11 is 0. The second kappa shape index (κ2) is 25.8. The fraction of sp³-hybridized carbons (Fsp3) is 0.704. The van der Waals surface area contributed by atoms with Gasteiger partial charge in [0.2, 0.25) is 34.8 Å². The SMILES string of the molecule is CC(=O)OCCOCCOCCOCCOCCOCCOCCOCCOCCC(=O)Oc1c(F)c(F)c(F)c(F)c1F. The Morgan fingerprint density at radius 3 is 1.02 bits per heavy atom. The molecule has 0 saturated carbocycles. The average Bonchev–Trinajstić information content (AvgIpc) is 3.00. The predicted molar refractivity (Wildman–Crippen MR) is 140 cm³/mol. The van der Waals surface area contributed by atoms with Gasteiger partial charge in [0.1, 0.15) is 6.61 Å². The van der Waals surface area contributed by atoms with Gasteiger partial charge in [-0.15, -0.1) is 0 Å². The number of halogens is 5. The van der Waals surface area contributed by atoms with Gasteiger partial charge in [-0.05, 0) is 0 Å². The minimum atomic E-state index is -2.35. The largest absolute Gasteiger partial charge is 0.463 e. The van der Waals surface area contributed by atoms with Gasteiger partial charge >= 0.3 is 11.9 Å². The second-order valence-electron chi connectivity index (χ2n) is 8.36. The third-order valence-electron chi connectivity index (χ3n) is 4.97. The van der Waals surface area contributed by atoms with Gasteiger partial charge in [0.15, 0.2) is 0 Å². The summed E-state index contributed by atoms with van der Waals surface area (Å²) < 4.78 is 118. The van der Waals surface area contributed by atoms with Crippen molar-refractivity contribution in [3.63, 3.8) is 0 Å². The highest BCUT2D eigenvalue weighted by Gasteiger charge is 2.28. The molecule has 12 nitrogen and oxygen atoms in total. The first-order valence-corrected chi connectivity index (χ1v) is 13.7. The van der Waals surface area contributed by atoms with Crippen molar-refractivity contribution in [2.45, 2.75) is 13.3 Å². The maximum Gasteiger partial charge on any atom is 0.313 e. The highest BCUT2D eigenvalue weighted by molar-refractivity contribution is 5.72. The van der Waals surface area contributed by atoms with E-state index in [4.69, 9.17) is 42.6 Å². The first-order chi connectivity index (χ1) is 21.3. The number of hydrogen-bond donors (Lipinski definition) is 0. The highest BCUT2D eigenvalue weighted by Crippen LogP contribution is 2.29. The van der Waals surface area contributed by atoms with Crippen LogP contribution in [0.15, 0.2) is 0 Å². The van der Waals surface area contributed by atoms with Gasteiger partial charge in [0.05, 0.1) is 112 Å². The van der Waals surface area contributed by atoms with Gasteiger partial charge in [-0.2, -0.15) is 8.78 Å². The Hall–Kier alpha value is -2.51. The van der Waals surface area contributed by atoms with E-state index in [-0.39, 0.29) is 39.0 Å². The quantitative estimate of drug-likeness (QED) is 0.0330. The smallest absolute Gasteiger partial charge is 0.313 e. The lowest BCUT2D eigenvalue weighted by Crippen LogP contribution is -2.16. The van der Waals surface area contributed by atoms with Crippen LogP contribution in [0.3, 0.4) is 0 Å². The van der Waals surface area contributed by atoms with Gasteiger partial charge < -0.3 is 47.4 Å². The van der Waals surface area contributed by atoms with Crippen molar-refractivity contribution in [2.75, 3.05) is 112 Å². The number of carbonyl (C=O) groups excluding carboxylic acids is 2. The fourth-order valence-corrected chi connectivity index (χ4v) is 2.88. The molecule has 0 fully saturated rings. The summed E-state index contributed by atoms with van der Waals surface area (Å²) in [4.78, 5) is 22.2. The molecule has 0 atom stereocenters. The van der Waals surface area contributed by atoms with Crippen molar-refractivity contribution in [1.29, 1.82) is 0 Å². The highest BCUT2D eigenvalue weighted by atomic mass is 19.2. The molecule has 0 N–H and O–H groups in total. The molecule has 0 aliphatic carbocycles. The number of ether oxygens (including phenoxy) is 10. The molecule has 17 heteroatoms. The van der Waals surface area contributed by atoms with Crippen LogP contribution < -0.4 is 4.74 Å². The molecular formula is C27H39F5O12. The molecule has 0 saturated heterocycles. The fourth-order valence-electron chi connectivity index (χ4n) is 2.88. The molecule has 0 aromatic heterocycles. The van der Waals surface area contributed by atoms with Crippen LogP contribution in [0.4, 0.5) is 22.0 Å². The standard InChI is InChI=1S/C27H39F5O12/c1-20(33)43-19-18-42-17-16-41-15-14-40-13-12-39-11-10-38-9-8-37-7-6-36-5-4-35-3-2-21(34)44-27-25(31)23(29)22(28)24(30)26(27)32/h2-19H2,1H3. The van der Waals surface area contributed by atoms with Crippen molar-refractivity contribution in [2.24, 2.45) is 0 Å². The summed E-state index contributed by atoms with van der Waals surface area (Å²) in [6.45, 7) is 6.52. The molecule has 44 heavy (non-hydrogen) atoms. The van der Waals surface area contributed by atoms with Crippen LogP contribution in [-0.4, -0.2) is 124 Å². The lowest BCUT2D eigenvalue weighted by molar-refractivity contribution is -0.142. The van der Waals surface area contributed by atoms with Crippen LogP contribution in [0.25, 0.3) is 0 Å². The van der Waals surface area contributed by atoms with Crippen LogP contribution in [0.5, 0.6) is 5.75 Å². The van der Waals surface area contributed by atoms with E-state index in [0.29, 0.717) is 79.3 Å². The number of benzene rings is 1. The molecular weight excluding hydrogens is 611 g/mol. The minimum Gasteiger partial charge on any atom is -0.463 e. The normalized spacial score (nSPS) is 11.2. The van der Waals surface area contributed by atoms with E-state index in [1.807, 2.05) is 0 Å². The summed E-state index contributed by atoms with van der Waals surface area (Å²) in [5.41, 5.74) is 0. The third kappa shape index (κ3) is 19.0. The Labute approximate surface area is 251 Å². The number of esters is 2. The van der Waals surface area contributed by atoms with Gasteiger partial charge in [-0.1, -0.05) is 0 Å². The topological polar surface area (TPSA) is 126 Å². The first kappa shape index (κ1) is 39.5. The molecule has 1 aromatic rings. The van der Waals surface area contributed by atoms with Crippen molar-refractivity contribution < 1.29 is 78.9 Å². The van der Waals surface area contributed by atoms with Gasteiger partial charge in [0, 0.05) is 6.92 Å². The molecule has 0 aliphatic heterocycles. The summed E-state index contributed by atoms with van der Waals surface area (Å²) in [5.74, 6) is -14.5. The van der Waals surface area contributed by atoms with E-state index in [2.05, 4.69) is 4.74 Å². The van der Waals surface area contributed by atoms with Crippen LogP contribution in [0.1, 0.15) is 13.3 Å². The van der Waals surface area contributed by atoms with E-state index < -0.39 is 47.2 Å². The van der Waals surface area contributed by atoms with E-state index in [1.165, 1.54) is 6.92 Å². The summed E-state index contributed by atoms with van der Waals surface area (Å²) in [6.07, 6.45) is -0.489. The predicted octanol–water partition coefficient (Wildman–Crippen LogP) is 2.37. The summed E-state index contributed by atoms with van der Waals surface area (Å²) in [5, 5.41) is 0. The van der Waals surface area contributed by atoms with Crippen LogP contribution >= 0.6 is 0 Å². The lowest BCUT2D eigenvalue weighted by Gasteiger charge is -2.09. The van der Waals surface area contributed by atoms with Crippen molar-refractivity contribution >= 4 is 11.9 Å². The minimum absolute atomic E-state index is 0.0778. The van der Waals surface area contributed by atoms with Crippen LogP contribution in [0, 0.1) is 29.1 Å². The second-order valence-corrected chi connectivity index (χ2v) is 8.36. The third-order valence-corrected chi connectivity index (χ3v) is 4.97. The molecule has 1 rings (SSSR count). The summed E-state index contributed by atoms with van der Waals surface area (Å²) in [7, 11) is 0. The van der Waals surface area contributed by atoms with Crippen molar-refractivity contribution in [3.05, 3.63) is 29.1 Å². The van der Waals surface area contributed by atoms with Gasteiger partial charge in [-0.25, -0.2) is 13.2 Å². The number of carbonyl (C=O) groups is 2. The zero-order valence-electron chi connectivity index (χ0n) is 24.5. The lowest BCUT2D eigenvalue weighted by atomic mass is 10.2. The van der Waals surface area contributed by atoms with E-state index >= 15 is 0 Å². The average molecular weight is 651 g/mol. The molecule has 1 aromatic carbocycles. The maximum absolute atomic E-state index is 13.5. The summed E-state index contributed by atoms with van der Waals surface area (Å²) in [6, 6.07) is 0. The van der Waals surface area contributed by atoms with E-state index in [9.17, 15) is 31.5 Å². The Kier molecular flexibility index (Phi) is 23.2. The van der Waals surface area contributed by atoms with Crippen molar-refractivity contribution in [1.82, 2.24) is 0 Å². The number of rotatable bonds is 28. The Bertz CT molecular complexity index is 912. The Morgan fingerprint density at radius 1 is 0.432 bits per heavy atom. The molecule has 254 valence electrons. The van der Waals surface area contributed by atoms with E-state index in [0.717, 1.165) is 0 Å². The zero-order valence-corrected chi connectivity index (χ0v) is 24.5. The monoisotopic (exact) mass is 650 g/mol. The van der Waals surface area contributed by atoms with Gasteiger partial charge in [-0.3, -0.25) is 9.59 Å². The Balaban J connectivity index is 1.80. The Morgan fingerprint density at radius 2 is 0.705 bits per heavy atom. The molecule has 0 spiro atoms. The van der Waals surface area contributed by atoms with Crippen LogP contribution in [-0.2, 0) is 52.2 Å². The maximum atomic E-state index is 13.5. The molecule has 0 bridgehead atoms. The van der Waals surface area contributed by atoms with Gasteiger partial charge in [0.25, 0.3) is 0 Å².